The Hall–Kier alpha value is -2.95. The molecule has 0 aromatic heterocycles. The zero-order chi connectivity index (χ0) is 31.2. The van der Waals surface area contributed by atoms with E-state index in [4.69, 9.17) is 10.8 Å². The second-order valence-corrected chi connectivity index (χ2v) is 10.5. The van der Waals surface area contributed by atoms with Gasteiger partial charge in [-0.3, -0.25) is 28.8 Å². The number of nitrogens with one attached hydrogen (secondary N) is 5. The lowest BCUT2D eigenvalue weighted by molar-refractivity contribution is -0.141. The van der Waals surface area contributed by atoms with Crippen molar-refractivity contribution in [2.75, 3.05) is 18.6 Å². The van der Waals surface area contributed by atoms with Crippen LogP contribution in [0.2, 0.25) is 0 Å². The number of carboxylic acids is 1. The first-order valence-corrected chi connectivity index (χ1v) is 14.3. The number of carboxylic acid groups (broad SMARTS) is 1. The van der Waals surface area contributed by atoms with Gasteiger partial charge in [0.15, 0.2) is 0 Å². The van der Waals surface area contributed by atoms with Gasteiger partial charge in [-0.05, 0) is 45.1 Å². The average Bonchev–Trinajstić information content (AvgIpc) is 2.89. The van der Waals surface area contributed by atoms with Gasteiger partial charge in [0.05, 0.1) is 18.8 Å². The fourth-order valence-corrected chi connectivity index (χ4v) is 3.69. The molecule has 230 valence electrons. The van der Waals surface area contributed by atoms with E-state index in [0.717, 1.165) is 0 Å². The third-order valence-corrected chi connectivity index (χ3v) is 6.74. The molecule has 0 heterocycles. The summed E-state index contributed by atoms with van der Waals surface area (Å²) in [6.07, 6.45) is -0.119. The SMILES string of the molecule is CC[C@H](C)[C@H](NC(=O)[C@@H](NC(=O)[C@@H](N)[C@@H](C)O)[C@@H](C)O)C(=O)NCC(=O)N[C@@H](CCSC)C(=O)N[C@@H](C)C(=O)O. The zero-order valence-corrected chi connectivity index (χ0v) is 24.5. The summed E-state index contributed by atoms with van der Waals surface area (Å²) in [4.78, 5) is 74.1. The molecule has 16 heteroatoms. The van der Waals surface area contributed by atoms with Crippen molar-refractivity contribution in [2.45, 2.75) is 89.9 Å². The van der Waals surface area contributed by atoms with Gasteiger partial charge in [-0.1, -0.05) is 20.3 Å². The highest BCUT2D eigenvalue weighted by Gasteiger charge is 2.34. The summed E-state index contributed by atoms with van der Waals surface area (Å²) < 4.78 is 0. The van der Waals surface area contributed by atoms with Crippen molar-refractivity contribution in [3.63, 3.8) is 0 Å². The molecule has 40 heavy (non-hydrogen) atoms. The van der Waals surface area contributed by atoms with Gasteiger partial charge in [0, 0.05) is 0 Å². The Morgan fingerprint density at radius 3 is 1.85 bits per heavy atom. The molecule has 0 aliphatic heterocycles. The van der Waals surface area contributed by atoms with Crippen LogP contribution in [0.3, 0.4) is 0 Å². The molecule has 10 N–H and O–H groups in total. The number of carbonyl (C=O) groups is 6. The van der Waals surface area contributed by atoms with E-state index in [1.54, 1.807) is 20.1 Å². The molecule has 0 fully saturated rings. The molecule has 0 unspecified atom stereocenters. The number of hydrogen-bond acceptors (Lipinski definition) is 10. The Balaban J connectivity index is 5.40. The maximum Gasteiger partial charge on any atom is 0.325 e. The van der Waals surface area contributed by atoms with Gasteiger partial charge < -0.3 is 47.6 Å². The van der Waals surface area contributed by atoms with Crippen LogP contribution < -0.4 is 32.3 Å². The first-order chi connectivity index (χ1) is 18.6. The highest BCUT2D eigenvalue weighted by Crippen LogP contribution is 2.09. The summed E-state index contributed by atoms with van der Waals surface area (Å²) in [5.74, 6) is -5.05. The minimum atomic E-state index is -1.48. The average molecular weight is 593 g/mol. The predicted molar refractivity (Wildman–Crippen MR) is 148 cm³/mol. The van der Waals surface area contributed by atoms with Gasteiger partial charge in [-0.15, -0.1) is 0 Å². The van der Waals surface area contributed by atoms with Crippen molar-refractivity contribution in [1.29, 1.82) is 0 Å². The molecular formula is C24H44N6O9S. The summed E-state index contributed by atoms with van der Waals surface area (Å²) in [5.41, 5.74) is 5.58. The number of hydrogen-bond donors (Lipinski definition) is 9. The maximum atomic E-state index is 13.0. The summed E-state index contributed by atoms with van der Waals surface area (Å²) >= 11 is 1.42. The normalized spacial score (nSPS) is 17.0. The molecule has 0 saturated carbocycles. The predicted octanol–water partition coefficient (Wildman–Crippen LogP) is -2.97. The molecule has 0 bridgehead atoms. The topological polar surface area (TPSA) is 249 Å². The Kier molecular flexibility index (Phi) is 17.1. The summed E-state index contributed by atoms with van der Waals surface area (Å²) in [6, 6.07) is -6.19. The van der Waals surface area contributed by atoms with Crippen molar-refractivity contribution in [3.8, 4) is 0 Å². The van der Waals surface area contributed by atoms with E-state index >= 15 is 0 Å². The zero-order valence-electron chi connectivity index (χ0n) is 23.7. The number of aliphatic hydroxyl groups excluding tert-OH is 2. The van der Waals surface area contributed by atoms with Crippen molar-refractivity contribution in [1.82, 2.24) is 26.6 Å². The fraction of sp³-hybridized carbons (Fsp3) is 0.750. The lowest BCUT2D eigenvalue weighted by Gasteiger charge is -2.28. The number of aliphatic carboxylic acids is 1. The summed E-state index contributed by atoms with van der Waals surface area (Å²) in [6.45, 7) is 6.73. The Labute approximate surface area is 238 Å². The van der Waals surface area contributed by atoms with E-state index in [1.165, 1.54) is 32.5 Å². The molecule has 8 atom stereocenters. The van der Waals surface area contributed by atoms with Crippen LogP contribution in [0, 0.1) is 5.92 Å². The number of rotatable bonds is 18. The molecule has 0 rings (SSSR count). The van der Waals surface area contributed by atoms with Crippen molar-refractivity contribution in [2.24, 2.45) is 11.7 Å². The van der Waals surface area contributed by atoms with Crippen molar-refractivity contribution < 1.29 is 44.1 Å². The van der Waals surface area contributed by atoms with Gasteiger partial charge in [0.2, 0.25) is 29.5 Å². The summed E-state index contributed by atoms with van der Waals surface area (Å²) in [5, 5.41) is 40.5. The van der Waals surface area contributed by atoms with E-state index in [2.05, 4.69) is 26.6 Å². The monoisotopic (exact) mass is 592 g/mol. The van der Waals surface area contributed by atoms with Gasteiger partial charge in [0.25, 0.3) is 0 Å². The molecule has 5 amide bonds. The first-order valence-electron chi connectivity index (χ1n) is 12.9. The van der Waals surface area contributed by atoms with Crippen LogP contribution in [0.5, 0.6) is 0 Å². The lowest BCUT2D eigenvalue weighted by atomic mass is 9.97. The number of thioether (sulfide) groups is 1. The van der Waals surface area contributed by atoms with Crippen molar-refractivity contribution in [3.05, 3.63) is 0 Å². The molecule has 0 aliphatic rings. The summed E-state index contributed by atoms with van der Waals surface area (Å²) in [7, 11) is 0. The molecule has 0 spiro atoms. The third kappa shape index (κ3) is 12.9. The third-order valence-electron chi connectivity index (χ3n) is 6.09. The molecule has 15 nitrogen and oxygen atoms in total. The van der Waals surface area contributed by atoms with E-state index in [0.29, 0.717) is 12.2 Å². The van der Waals surface area contributed by atoms with Crippen LogP contribution in [0.15, 0.2) is 0 Å². The van der Waals surface area contributed by atoms with Crippen LogP contribution in [0.25, 0.3) is 0 Å². The standard InChI is InChI=1S/C24H44N6O9S/c1-7-11(2)18(29-23(37)19(14(5)32)30-21(35)17(25)13(4)31)22(36)26-10-16(33)28-15(8-9-40-6)20(34)27-12(3)24(38)39/h11-15,17-19,31-32H,7-10,25H2,1-6H3,(H,26,36)(H,27,34)(H,28,33)(H,29,37)(H,30,35)(H,38,39)/t11-,12-,13+,14+,15-,17-,18-,19-/m0/s1. The Morgan fingerprint density at radius 2 is 1.38 bits per heavy atom. The molecular weight excluding hydrogens is 548 g/mol. The van der Waals surface area contributed by atoms with Gasteiger partial charge in [-0.2, -0.15) is 11.8 Å². The molecule has 0 saturated heterocycles. The van der Waals surface area contributed by atoms with Gasteiger partial charge in [0.1, 0.15) is 30.2 Å². The minimum Gasteiger partial charge on any atom is -0.480 e. The van der Waals surface area contributed by atoms with Gasteiger partial charge in [-0.25, -0.2) is 0 Å². The highest BCUT2D eigenvalue weighted by atomic mass is 32.2. The van der Waals surface area contributed by atoms with E-state index in [9.17, 15) is 39.0 Å². The maximum absolute atomic E-state index is 13.0. The molecule has 0 radical (unpaired) electrons. The van der Waals surface area contributed by atoms with Crippen LogP contribution in [0.4, 0.5) is 0 Å². The van der Waals surface area contributed by atoms with Gasteiger partial charge >= 0.3 is 5.97 Å². The largest absolute Gasteiger partial charge is 0.480 e. The molecule has 0 aromatic carbocycles. The number of carbonyl (C=O) groups excluding carboxylic acids is 5. The first kappa shape index (κ1) is 37.0. The van der Waals surface area contributed by atoms with E-state index in [1.807, 2.05) is 0 Å². The minimum absolute atomic E-state index is 0.218. The number of nitrogens with two attached hydrogens (primary N) is 1. The number of amides is 5. The smallest absolute Gasteiger partial charge is 0.325 e. The van der Waals surface area contributed by atoms with Crippen molar-refractivity contribution >= 4 is 47.3 Å². The van der Waals surface area contributed by atoms with Crippen LogP contribution in [-0.4, -0.2) is 112 Å². The van der Waals surface area contributed by atoms with Crippen LogP contribution in [0.1, 0.15) is 47.5 Å². The van der Waals surface area contributed by atoms with E-state index < -0.39 is 90.4 Å². The second kappa shape index (κ2) is 18.4. The lowest BCUT2D eigenvalue weighted by Crippen LogP contribution is -2.61. The van der Waals surface area contributed by atoms with Crippen LogP contribution >= 0.6 is 11.8 Å². The quantitative estimate of drug-likeness (QED) is 0.0777. The Morgan fingerprint density at radius 1 is 0.800 bits per heavy atom. The molecule has 0 aromatic rings. The highest BCUT2D eigenvalue weighted by molar-refractivity contribution is 7.98. The fourth-order valence-electron chi connectivity index (χ4n) is 3.22. The number of aliphatic hydroxyl groups is 2. The second-order valence-electron chi connectivity index (χ2n) is 9.55. The van der Waals surface area contributed by atoms with E-state index in [-0.39, 0.29) is 6.42 Å². The van der Waals surface area contributed by atoms with Crippen LogP contribution in [-0.2, 0) is 28.8 Å². The molecule has 0 aliphatic carbocycles. The Bertz CT molecular complexity index is 889.